The van der Waals surface area contributed by atoms with Crippen molar-refractivity contribution in [2.24, 2.45) is 0 Å². The first kappa shape index (κ1) is 13.2. The highest BCUT2D eigenvalue weighted by Crippen LogP contribution is 2.29. The van der Waals surface area contributed by atoms with Crippen LogP contribution in [0.5, 0.6) is 5.75 Å². The van der Waals surface area contributed by atoms with E-state index >= 15 is 0 Å². The van der Waals surface area contributed by atoms with E-state index in [1.54, 1.807) is 0 Å². The fourth-order valence-electron chi connectivity index (χ4n) is 0.952. The van der Waals surface area contributed by atoms with Crippen molar-refractivity contribution in [3.63, 3.8) is 0 Å². The Morgan fingerprint density at radius 1 is 0.941 bits per heavy atom. The Morgan fingerprint density at radius 2 is 1.35 bits per heavy atom. The summed E-state index contributed by atoms with van der Waals surface area (Å²) < 4.78 is 67.9. The number of hydrogen-bond acceptors (Lipinski definition) is 2. The van der Waals surface area contributed by atoms with Gasteiger partial charge in [0.2, 0.25) is 29.1 Å². The van der Waals surface area contributed by atoms with Gasteiger partial charge in [-0.3, -0.25) is 4.79 Å². The van der Waals surface area contributed by atoms with Gasteiger partial charge >= 0.3 is 5.97 Å². The Kier molecular flexibility index (Phi) is 3.87. The first-order chi connectivity index (χ1) is 7.86. The normalized spacial score (nSPS) is 10.4. The zero-order valence-electron chi connectivity index (χ0n) is 8.07. The minimum Gasteiger partial charge on any atom is -0.487 e. The number of carbonyl (C=O) groups is 1. The van der Waals surface area contributed by atoms with Crippen LogP contribution in [0, 0.1) is 29.1 Å². The number of carboxylic acid groups (broad SMARTS) is 1. The van der Waals surface area contributed by atoms with Crippen molar-refractivity contribution in [3.8, 4) is 5.75 Å². The number of carboxylic acids is 1. The molecule has 0 aliphatic heterocycles. The van der Waals surface area contributed by atoms with Crippen LogP contribution in [-0.4, -0.2) is 17.7 Å². The fourth-order valence-corrected chi connectivity index (χ4v) is 0.952. The van der Waals surface area contributed by atoms with E-state index < -0.39 is 53.8 Å². The smallest absolute Gasteiger partial charge is 0.306 e. The minimum absolute atomic E-state index is 0.639. The van der Waals surface area contributed by atoms with Gasteiger partial charge in [-0.2, -0.15) is 8.78 Å². The first-order valence-electron chi connectivity index (χ1n) is 4.22. The van der Waals surface area contributed by atoms with Crippen LogP contribution in [0.4, 0.5) is 22.0 Å². The van der Waals surface area contributed by atoms with Gasteiger partial charge in [-0.25, -0.2) is 13.2 Å². The van der Waals surface area contributed by atoms with Crippen LogP contribution < -0.4 is 4.74 Å². The van der Waals surface area contributed by atoms with E-state index in [0.29, 0.717) is 0 Å². The molecule has 3 nitrogen and oxygen atoms in total. The lowest BCUT2D eigenvalue weighted by atomic mass is 10.2. The predicted octanol–water partition coefficient (Wildman–Crippen LogP) is 2.24. The lowest BCUT2D eigenvalue weighted by Gasteiger charge is -2.08. The first-order valence-corrected chi connectivity index (χ1v) is 4.22. The highest BCUT2D eigenvalue weighted by Gasteiger charge is 2.26. The average Bonchev–Trinajstić information content (AvgIpc) is 2.28. The molecule has 0 heterocycles. The number of hydrogen-bond donors (Lipinski definition) is 1. The van der Waals surface area contributed by atoms with Gasteiger partial charge in [0.1, 0.15) is 0 Å². The quantitative estimate of drug-likeness (QED) is 0.510. The minimum atomic E-state index is -2.30. The summed E-state index contributed by atoms with van der Waals surface area (Å²) in [6.07, 6.45) is -0.639. The van der Waals surface area contributed by atoms with E-state index in [1.807, 2.05) is 0 Å². The van der Waals surface area contributed by atoms with Crippen molar-refractivity contribution in [1.82, 2.24) is 0 Å². The number of rotatable bonds is 4. The molecule has 0 amide bonds. The van der Waals surface area contributed by atoms with Gasteiger partial charge in [-0.15, -0.1) is 0 Å². The summed E-state index contributed by atoms with van der Waals surface area (Å²) >= 11 is 0. The molecule has 0 atom stereocenters. The van der Waals surface area contributed by atoms with Gasteiger partial charge < -0.3 is 9.84 Å². The molecular formula is C9H5F5O3. The zero-order valence-corrected chi connectivity index (χ0v) is 8.07. The highest BCUT2D eigenvalue weighted by molar-refractivity contribution is 5.66. The van der Waals surface area contributed by atoms with Gasteiger partial charge in [0.05, 0.1) is 13.0 Å². The third kappa shape index (κ3) is 2.63. The standard InChI is InChI=1S/C9H5F5O3/c10-4-5(11)7(13)9(8(14)6(4)12)17-2-1-3(15)16/h1-2H2,(H,15,16). The lowest BCUT2D eigenvalue weighted by Crippen LogP contribution is -2.10. The Bertz CT molecular complexity index is 431. The van der Waals surface area contributed by atoms with Crippen LogP contribution in [-0.2, 0) is 4.79 Å². The molecule has 0 spiro atoms. The molecule has 0 aliphatic rings. The van der Waals surface area contributed by atoms with E-state index in [9.17, 15) is 26.7 Å². The summed E-state index contributed by atoms with van der Waals surface area (Å²) in [5, 5.41) is 8.21. The number of ether oxygens (including phenoxy) is 1. The molecule has 0 fully saturated rings. The average molecular weight is 256 g/mol. The number of halogens is 5. The van der Waals surface area contributed by atoms with Crippen molar-refractivity contribution in [2.75, 3.05) is 6.61 Å². The summed E-state index contributed by atoms with van der Waals surface area (Å²) in [6.45, 7) is -0.715. The number of aliphatic carboxylic acids is 1. The summed E-state index contributed by atoms with van der Waals surface area (Å²) in [7, 11) is 0. The van der Waals surface area contributed by atoms with Gasteiger partial charge in [0.15, 0.2) is 5.75 Å². The van der Waals surface area contributed by atoms with Crippen LogP contribution in [0.1, 0.15) is 6.42 Å². The second kappa shape index (κ2) is 4.98. The van der Waals surface area contributed by atoms with E-state index in [2.05, 4.69) is 4.74 Å². The second-order valence-corrected chi connectivity index (χ2v) is 2.89. The van der Waals surface area contributed by atoms with E-state index in [1.165, 1.54) is 0 Å². The molecule has 0 saturated heterocycles. The van der Waals surface area contributed by atoms with Crippen molar-refractivity contribution < 1.29 is 36.6 Å². The van der Waals surface area contributed by atoms with Crippen LogP contribution >= 0.6 is 0 Å². The Hall–Kier alpha value is -1.86. The van der Waals surface area contributed by atoms with Gasteiger partial charge in [0.25, 0.3) is 0 Å². The molecule has 94 valence electrons. The third-order valence-corrected chi connectivity index (χ3v) is 1.73. The molecule has 0 saturated carbocycles. The molecule has 1 N–H and O–H groups in total. The molecule has 0 aromatic heterocycles. The molecule has 1 aromatic rings. The molecule has 0 bridgehead atoms. The maximum atomic E-state index is 12.9. The predicted molar refractivity (Wildman–Crippen MR) is 44.0 cm³/mol. The molecule has 17 heavy (non-hydrogen) atoms. The van der Waals surface area contributed by atoms with Crippen LogP contribution in [0.2, 0.25) is 0 Å². The van der Waals surface area contributed by atoms with Crippen molar-refractivity contribution >= 4 is 5.97 Å². The molecule has 8 heteroatoms. The van der Waals surface area contributed by atoms with Gasteiger partial charge in [0, 0.05) is 0 Å². The van der Waals surface area contributed by atoms with Gasteiger partial charge in [-0.1, -0.05) is 0 Å². The van der Waals surface area contributed by atoms with Gasteiger partial charge in [-0.05, 0) is 0 Å². The summed E-state index contributed by atoms with van der Waals surface area (Å²) in [5.74, 6) is -13.7. The summed E-state index contributed by atoms with van der Waals surface area (Å²) in [4.78, 5) is 10.1. The Morgan fingerprint density at radius 3 is 1.76 bits per heavy atom. The van der Waals surface area contributed by atoms with E-state index in [4.69, 9.17) is 5.11 Å². The molecule has 1 aromatic carbocycles. The lowest BCUT2D eigenvalue weighted by molar-refractivity contribution is -0.137. The third-order valence-electron chi connectivity index (χ3n) is 1.73. The molecule has 0 radical (unpaired) electrons. The summed E-state index contributed by atoms with van der Waals surface area (Å²) in [6, 6.07) is 0. The van der Waals surface area contributed by atoms with Crippen LogP contribution in [0.15, 0.2) is 0 Å². The molecule has 1 rings (SSSR count). The second-order valence-electron chi connectivity index (χ2n) is 2.89. The van der Waals surface area contributed by atoms with Crippen LogP contribution in [0.25, 0.3) is 0 Å². The largest absolute Gasteiger partial charge is 0.487 e. The van der Waals surface area contributed by atoms with E-state index in [0.717, 1.165) is 0 Å². The topological polar surface area (TPSA) is 46.5 Å². The molecule has 0 aliphatic carbocycles. The summed E-state index contributed by atoms with van der Waals surface area (Å²) in [5.41, 5.74) is 0. The van der Waals surface area contributed by atoms with Crippen molar-refractivity contribution in [1.29, 1.82) is 0 Å². The SMILES string of the molecule is O=C(O)CCOc1c(F)c(F)c(F)c(F)c1F. The maximum Gasteiger partial charge on any atom is 0.306 e. The highest BCUT2D eigenvalue weighted by atomic mass is 19.2. The monoisotopic (exact) mass is 256 g/mol. The fraction of sp³-hybridized carbons (Fsp3) is 0.222. The Balaban J connectivity index is 3.03. The number of benzene rings is 1. The molecule has 0 unspecified atom stereocenters. The van der Waals surface area contributed by atoms with Crippen molar-refractivity contribution in [2.45, 2.75) is 6.42 Å². The van der Waals surface area contributed by atoms with Crippen LogP contribution in [0.3, 0.4) is 0 Å². The molecular weight excluding hydrogens is 251 g/mol. The maximum absolute atomic E-state index is 12.9. The zero-order chi connectivity index (χ0) is 13.2. The van der Waals surface area contributed by atoms with E-state index in [-0.39, 0.29) is 0 Å². The Labute approximate surface area is 91.4 Å². The van der Waals surface area contributed by atoms with Crippen molar-refractivity contribution in [3.05, 3.63) is 29.1 Å².